The van der Waals surface area contributed by atoms with Gasteiger partial charge in [-0.05, 0) is 48.2 Å². The number of para-hydroxylation sites is 2. The highest BCUT2D eigenvalue weighted by Crippen LogP contribution is 2.24. The maximum atomic E-state index is 4.70. The predicted octanol–water partition coefficient (Wildman–Crippen LogP) is 4.21. The van der Waals surface area contributed by atoms with Crippen molar-refractivity contribution in [2.45, 2.75) is 26.7 Å². The van der Waals surface area contributed by atoms with Gasteiger partial charge in [-0.25, -0.2) is 9.97 Å². The topological polar surface area (TPSA) is 25.8 Å². The van der Waals surface area contributed by atoms with Gasteiger partial charge in [0.15, 0.2) is 0 Å². The van der Waals surface area contributed by atoms with Crippen molar-refractivity contribution in [2.75, 3.05) is 0 Å². The Bertz CT molecular complexity index is 730. The Morgan fingerprint density at radius 1 is 0.833 bits per heavy atom. The van der Waals surface area contributed by atoms with Gasteiger partial charge in [-0.3, -0.25) is 0 Å². The van der Waals surface area contributed by atoms with Crippen LogP contribution in [0.3, 0.4) is 0 Å². The van der Waals surface area contributed by atoms with E-state index in [9.17, 15) is 0 Å². The number of hydrogen-bond donors (Lipinski definition) is 0. The van der Waals surface area contributed by atoms with Gasteiger partial charge in [0.05, 0.1) is 22.1 Å². The quantitative estimate of drug-likeness (QED) is 0.591. The normalized spacial score (nSPS) is 11.6. The van der Waals surface area contributed by atoms with Crippen LogP contribution >= 0.6 is 0 Å². The van der Waals surface area contributed by atoms with Crippen LogP contribution in [0, 0.1) is 6.92 Å². The van der Waals surface area contributed by atoms with Crippen molar-refractivity contribution in [3.8, 4) is 0 Å². The fourth-order valence-corrected chi connectivity index (χ4v) is 2.41. The lowest BCUT2D eigenvalue weighted by Crippen LogP contribution is -1.95. The molecule has 0 aliphatic carbocycles. The van der Waals surface area contributed by atoms with E-state index in [0.29, 0.717) is 5.92 Å². The maximum absolute atomic E-state index is 4.70. The zero-order valence-electron chi connectivity index (χ0n) is 10.9. The second kappa shape index (κ2) is 4.05. The minimum absolute atomic E-state index is 0.516. The molecule has 0 spiro atoms. The lowest BCUT2D eigenvalue weighted by Gasteiger charge is -2.11. The van der Waals surface area contributed by atoms with Crippen LogP contribution in [0.15, 0.2) is 36.4 Å². The summed E-state index contributed by atoms with van der Waals surface area (Å²) in [6.45, 7) is 6.57. The van der Waals surface area contributed by atoms with Gasteiger partial charge >= 0.3 is 0 Å². The molecule has 0 bridgehead atoms. The van der Waals surface area contributed by atoms with Gasteiger partial charge in [-0.2, -0.15) is 0 Å². The van der Waals surface area contributed by atoms with Gasteiger partial charge in [0.25, 0.3) is 0 Å². The molecule has 0 N–H and O–H groups in total. The standard InChI is InChI=1S/C16H16N2/c1-10(2)12-9-16-15(8-11(12)3)17-13-6-4-5-7-14(13)18-16/h4-10H,1-3H3. The van der Waals surface area contributed by atoms with E-state index >= 15 is 0 Å². The Kier molecular flexibility index (Phi) is 2.51. The second-order valence-electron chi connectivity index (χ2n) is 5.06. The van der Waals surface area contributed by atoms with Crippen LogP contribution in [0.5, 0.6) is 0 Å². The van der Waals surface area contributed by atoms with Crippen molar-refractivity contribution in [3.63, 3.8) is 0 Å². The van der Waals surface area contributed by atoms with Gasteiger partial charge in [-0.15, -0.1) is 0 Å². The fourth-order valence-electron chi connectivity index (χ4n) is 2.41. The molecule has 18 heavy (non-hydrogen) atoms. The minimum atomic E-state index is 0.516. The SMILES string of the molecule is Cc1cc2nc3ccccc3nc2cc1C(C)C. The molecule has 0 aliphatic heterocycles. The molecule has 2 heteroatoms. The number of nitrogens with zero attached hydrogens (tertiary/aromatic N) is 2. The zero-order chi connectivity index (χ0) is 12.7. The summed E-state index contributed by atoms with van der Waals surface area (Å²) in [4.78, 5) is 9.38. The number of benzene rings is 2. The minimum Gasteiger partial charge on any atom is -0.244 e. The maximum Gasteiger partial charge on any atom is 0.0897 e. The molecule has 90 valence electrons. The number of aromatic nitrogens is 2. The number of fused-ring (bicyclic) bond motifs is 2. The lowest BCUT2D eigenvalue weighted by atomic mass is 9.97. The summed E-state index contributed by atoms with van der Waals surface area (Å²) in [5.74, 6) is 0.516. The Hall–Kier alpha value is -1.96. The van der Waals surface area contributed by atoms with E-state index in [1.165, 1.54) is 11.1 Å². The molecule has 2 aromatic carbocycles. The molecule has 0 saturated carbocycles. The summed E-state index contributed by atoms with van der Waals surface area (Å²) in [6.07, 6.45) is 0. The second-order valence-corrected chi connectivity index (χ2v) is 5.06. The molecule has 0 radical (unpaired) electrons. The molecule has 2 nitrogen and oxygen atoms in total. The van der Waals surface area contributed by atoms with E-state index in [0.717, 1.165) is 22.1 Å². The van der Waals surface area contributed by atoms with E-state index in [2.05, 4.69) is 37.9 Å². The Morgan fingerprint density at radius 2 is 1.39 bits per heavy atom. The summed E-state index contributed by atoms with van der Waals surface area (Å²) >= 11 is 0. The highest BCUT2D eigenvalue weighted by Gasteiger charge is 2.08. The van der Waals surface area contributed by atoms with Crippen LogP contribution in [0.1, 0.15) is 30.9 Å². The van der Waals surface area contributed by atoms with E-state index < -0.39 is 0 Å². The number of aryl methyl sites for hydroxylation is 1. The average molecular weight is 236 g/mol. The summed E-state index contributed by atoms with van der Waals surface area (Å²) in [7, 11) is 0. The van der Waals surface area contributed by atoms with Crippen LogP contribution < -0.4 is 0 Å². The first-order valence-corrected chi connectivity index (χ1v) is 6.32. The van der Waals surface area contributed by atoms with Crippen molar-refractivity contribution >= 4 is 22.1 Å². The van der Waals surface area contributed by atoms with Gasteiger partial charge < -0.3 is 0 Å². The third-order valence-corrected chi connectivity index (χ3v) is 3.35. The summed E-state index contributed by atoms with van der Waals surface area (Å²) in [5, 5.41) is 0. The highest BCUT2D eigenvalue weighted by molar-refractivity contribution is 5.86. The summed E-state index contributed by atoms with van der Waals surface area (Å²) in [6, 6.07) is 12.3. The van der Waals surface area contributed by atoms with Gasteiger partial charge in [0, 0.05) is 0 Å². The molecule has 1 heterocycles. The van der Waals surface area contributed by atoms with Crippen molar-refractivity contribution < 1.29 is 0 Å². The third kappa shape index (κ3) is 1.74. The van der Waals surface area contributed by atoms with E-state index in [1.807, 2.05) is 24.3 Å². The van der Waals surface area contributed by atoms with Crippen LogP contribution in [-0.2, 0) is 0 Å². The van der Waals surface area contributed by atoms with Crippen LogP contribution in [-0.4, -0.2) is 9.97 Å². The largest absolute Gasteiger partial charge is 0.244 e. The Labute approximate surface area is 107 Å². The molecule has 0 aliphatic rings. The van der Waals surface area contributed by atoms with E-state index in [4.69, 9.17) is 4.98 Å². The zero-order valence-corrected chi connectivity index (χ0v) is 10.9. The first-order valence-electron chi connectivity index (χ1n) is 6.32. The first-order chi connectivity index (χ1) is 8.65. The molecule has 0 saturated heterocycles. The summed E-state index contributed by atoms with van der Waals surface area (Å²) in [5.41, 5.74) is 6.54. The molecule has 1 aromatic heterocycles. The van der Waals surface area contributed by atoms with Crippen LogP contribution in [0.4, 0.5) is 0 Å². The molecule has 3 aromatic rings. The molecular formula is C16H16N2. The Balaban J connectivity index is 2.36. The van der Waals surface area contributed by atoms with Crippen molar-refractivity contribution in [3.05, 3.63) is 47.5 Å². The monoisotopic (exact) mass is 236 g/mol. The first kappa shape index (κ1) is 11.1. The Morgan fingerprint density at radius 3 is 1.94 bits per heavy atom. The molecule has 0 atom stereocenters. The van der Waals surface area contributed by atoms with Crippen molar-refractivity contribution in [2.24, 2.45) is 0 Å². The van der Waals surface area contributed by atoms with Crippen molar-refractivity contribution in [1.82, 2.24) is 9.97 Å². The average Bonchev–Trinajstić information content (AvgIpc) is 2.35. The smallest absolute Gasteiger partial charge is 0.0897 e. The van der Waals surface area contributed by atoms with Gasteiger partial charge in [-0.1, -0.05) is 26.0 Å². The van der Waals surface area contributed by atoms with Gasteiger partial charge in [0.2, 0.25) is 0 Å². The van der Waals surface area contributed by atoms with Crippen molar-refractivity contribution in [1.29, 1.82) is 0 Å². The molecular weight excluding hydrogens is 220 g/mol. The highest BCUT2D eigenvalue weighted by atomic mass is 14.8. The fraction of sp³-hybridized carbons (Fsp3) is 0.250. The predicted molar refractivity (Wildman–Crippen MR) is 75.9 cm³/mol. The number of rotatable bonds is 1. The van der Waals surface area contributed by atoms with Crippen LogP contribution in [0.2, 0.25) is 0 Å². The van der Waals surface area contributed by atoms with Crippen LogP contribution in [0.25, 0.3) is 22.1 Å². The lowest BCUT2D eigenvalue weighted by molar-refractivity contribution is 0.858. The number of hydrogen-bond acceptors (Lipinski definition) is 2. The molecule has 3 rings (SSSR count). The summed E-state index contributed by atoms with van der Waals surface area (Å²) < 4.78 is 0. The molecule has 0 unspecified atom stereocenters. The van der Waals surface area contributed by atoms with Gasteiger partial charge in [0.1, 0.15) is 0 Å². The third-order valence-electron chi connectivity index (χ3n) is 3.35. The van der Waals surface area contributed by atoms with E-state index in [1.54, 1.807) is 0 Å². The molecule has 0 fully saturated rings. The molecule has 0 amide bonds. The van der Waals surface area contributed by atoms with E-state index in [-0.39, 0.29) is 0 Å².